The van der Waals surface area contributed by atoms with Gasteiger partial charge in [0.1, 0.15) is 0 Å². The van der Waals surface area contributed by atoms with Crippen molar-refractivity contribution in [2.45, 2.75) is 6.92 Å². The van der Waals surface area contributed by atoms with E-state index < -0.39 is 5.97 Å². The molecule has 32 heavy (non-hydrogen) atoms. The molecule has 8 heteroatoms. The topological polar surface area (TPSA) is 109 Å². The number of rotatable bonds is 9. The molecule has 1 amide bonds. The van der Waals surface area contributed by atoms with Crippen molar-refractivity contribution in [2.24, 2.45) is 5.10 Å². The van der Waals surface area contributed by atoms with E-state index in [2.05, 4.69) is 15.8 Å². The number of carboxylic acids is 1. The Bertz CT molecular complexity index is 1130. The van der Waals surface area contributed by atoms with Crippen LogP contribution >= 0.6 is 0 Å². The highest BCUT2D eigenvalue weighted by Crippen LogP contribution is 2.27. The second kappa shape index (κ2) is 10.6. The largest absolute Gasteiger partial charge is 0.493 e. The zero-order valence-corrected chi connectivity index (χ0v) is 17.7. The number of carbonyl (C=O) groups excluding carboxylic acids is 1. The first-order valence-electron chi connectivity index (χ1n) is 9.74. The number of benzene rings is 3. The van der Waals surface area contributed by atoms with Gasteiger partial charge in [-0.3, -0.25) is 10.2 Å². The van der Waals surface area contributed by atoms with E-state index in [9.17, 15) is 9.59 Å². The lowest BCUT2D eigenvalue weighted by atomic mass is 10.2. The number of amides is 1. The van der Waals surface area contributed by atoms with Gasteiger partial charge < -0.3 is 19.9 Å². The Hall–Kier alpha value is -4.33. The van der Waals surface area contributed by atoms with Gasteiger partial charge in [0.25, 0.3) is 5.91 Å². The van der Waals surface area contributed by atoms with E-state index in [1.54, 1.807) is 36.5 Å². The van der Waals surface area contributed by atoms with E-state index in [0.29, 0.717) is 22.9 Å². The molecule has 3 rings (SSSR count). The molecule has 0 saturated carbocycles. The van der Waals surface area contributed by atoms with Crippen LogP contribution in [0.2, 0.25) is 0 Å². The van der Waals surface area contributed by atoms with Gasteiger partial charge >= 0.3 is 5.97 Å². The van der Waals surface area contributed by atoms with E-state index >= 15 is 0 Å². The molecule has 8 nitrogen and oxygen atoms in total. The van der Waals surface area contributed by atoms with Crippen LogP contribution in [0.25, 0.3) is 0 Å². The zero-order valence-electron chi connectivity index (χ0n) is 17.7. The number of nitrogens with zero attached hydrogens (tertiary/aromatic N) is 1. The molecule has 164 valence electrons. The van der Waals surface area contributed by atoms with Crippen LogP contribution in [0.15, 0.2) is 71.8 Å². The van der Waals surface area contributed by atoms with E-state index in [1.165, 1.54) is 19.2 Å². The summed E-state index contributed by atoms with van der Waals surface area (Å²) in [6, 6.07) is 18.9. The molecule has 0 unspecified atom stereocenters. The molecule has 3 N–H and O–H groups in total. The Morgan fingerprint density at radius 3 is 2.47 bits per heavy atom. The van der Waals surface area contributed by atoms with Crippen LogP contribution in [0.5, 0.6) is 11.5 Å². The molecule has 3 aromatic rings. The van der Waals surface area contributed by atoms with E-state index in [1.807, 2.05) is 31.2 Å². The van der Waals surface area contributed by atoms with Crippen LogP contribution in [-0.4, -0.2) is 36.9 Å². The Balaban J connectivity index is 1.57. The summed E-state index contributed by atoms with van der Waals surface area (Å²) in [5.41, 5.74) is 6.19. The number of aryl methyl sites for hydroxylation is 1. The normalized spacial score (nSPS) is 10.6. The monoisotopic (exact) mass is 433 g/mol. The summed E-state index contributed by atoms with van der Waals surface area (Å²) in [4.78, 5) is 23.0. The molecule has 0 fully saturated rings. The number of ether oxygens (including phenoxy) is 2. The first-order valence-corrected chi connectivity index (χ1v) is 9.74. The standard InChI is InChI=1S/C24H23N3O5/c1-16-4-3-5-20(12-16)26-23(28)15-32-21-11-6-17(13-22(21)31-2)14-25-27-19-9-7-18(8-10-19)24(29)30/h3-14,27H,15H2,1-2H3,(H,26,28)(H,29,30)/b25-14+. The van der Waals surface area contributed by atoms with Crippen LogP contribution in [0, 0.1) is 6.92 Å². The molecule has 0 atom stereocenters. The van der Waals surface area contributed by atoms with Crippen molar-refractivity contribution < 1.29 is 24.2 Å². The summed E-state index contributed by atoms with van der Waals surface area (Å²) in [7, 11) is 1.51. The molecule has 0 bridgehead atoms. The quantitative estimate of drug-likeness (QED) is 0.345. The Labute approximate surface area is 185 Å². The number of aromatic carboxylic acids is 1. The van der Waals surface area contributed by atoms with Crippen LogP contribution in [0.1, 0.15) is 21.5 Å². The minimum Gasteiger partial charge on any atom is -0.493 e. The number of carboxylic acid groups (broad SMARTS) is 1. The van der Waals surface area contributed by atoms with Crippen molar-refractivity contribution in [1.82, 2.24) is 0 Å². The van der Waals surface area contributed by atoms with Gasteiger partial charge in [-0.05, 0) is 72.6 Å². The number of hydrazone groups is 1. The number of carbonyl (C=O) groups is 2. The van der Waals surface area contributed by atoms with Gasteiger partial charge in [0, 0.05) is 5.69 Å². The molecule has 0 saturated heterocycles. The molecule has 0 aliphatic heterocycles. The van der Waals surface area contributed by atoms with E-state index in [-0.39, 0.29) is 18.1 Å². The average molecular weight is 433 g/mol. The Morgan fingerprint density at radius 2 is 1.78 bits per heavy atom. The number of hydrogen-bond acceptors (Lipinski definition) is 6. The van der Waals surface area contributed by atoms with Crippen molar-refractivity contribution in [2.75, 3.05) is 24.5 Å². The van der Waals surface area contributed by atoms with E-state index in [4.69, 9.17) is 14.6 Å². The SMILES string of the molecule is COc1cc(/C=N/Nc2ccc(C(=O)O)cc2)ccc1OCC(=O)Nc1cccc(C)c1. The first-order chi connectivity index (χ1) is 15.4. The smallest absolute Gasteiger partial charge is 0.335 e. The van der Waals surface area contributed by atoms with Gasteiger partial charge in [-0.15, -0.1) is 0 Å². The third kappa shape index (κ3) is 6.33. The van der Waals surface area contributed by atoms with Crippen molar-refractivity contribution in [3.05, 3.63) is 83.4 Å². The lowest BCUT2D eigenvalue weighted by Gasteiger charge is -2.11. The number of hydrogen-bond donors (Lipinski definition) is 3. The van der Waals surface area contributed by atoms with Crippen LogP contribution in [0.3, 0.4) is 0 Å². The molecule has 0 aromatic heterocycles. The highest BCUT2D eigenvalue weighted by atomic mass is 16.5. The van der Waals surface area contributed by atoms with Crippen LogP contribution in [0.4, 0.5) is 11.4 Å². The Morgan fingerprint density at radius 1 is 1.00 bits per heavy atom. The third-order valence-electron chi connectivity index (χ3n) is 4.39. The number of anilines is 2. The van der Waals surface area contributed by atoms with Gasteiger partial charge in [-0.25, -0.2) is 4.79 Å². The maximum Gasteiger partial charge on any atom is 0.335 e. The van der Waals surface area contributed by atoms with Gasteiger partial charge in [0.2, 0.25) is 0 Å². The van der Waals surface area contributed by atoms with Crippen molar-refractivity contribution in [3.8, 4) is 11.5 Å². The number of nitrogens with one attached hydrogen (secondary N) is 2. The summed E-state index contributed by atoms with van der Waals surface area (Å²) in [5.74, 6) is -0.368. The Kier molecular flexibility index (Phi) is 7.42. The lowest BCUT2D eigenvalue weighted by Crippen LogP contribution is -2.20. The fraction of sp³-hybridized carbons (Fsp3) is 0.125. The summed E-state index contributed by atoms with van der Waals surface area (Å²) in [6.07, 6.45) is 1.59. The highest BCUT2D eigenvalue weighted by molar-refractivity contribution is 5.92. The maximum absolute atomic E-state index is 12.2. The molecular formula is C24H23N3O5. The summed E-state index contributed by atoms with van der Waals surface area (Å²) in [5, 5.41) is 15.8. The predicted octanol–water partition coefficient (Wildman–Crippen LogP) is 4.17. The minimum absolute atomic E-state index is 0.161. The van der Waals surface area contributed by atoms with Crippen molar-refractivity contribution in [1.29, 1.82) is 0 Å². The van der Waals surface area contributed by atoms with Crippen molar-refractivity contribution >= 4 is 29.5 Å². The molecule has 0 heterocycles. The molecule has 0 radical (unpaired) electrons. The second-order valence-corrected chi connectivity index (χ2v) is 6.87. The second-order valence-electron chi connectivity index (χ2n) is 6.87. The molecular weight excluding hydrogens is 410 g/mol. The highest BCUT2D eigenvalue weighted by Gasteiger charge is 2.09. The first kappa shape index (κ1) is 22.4. The van der Waals surface area contributed by atoms with Gasteiger partial charge in [0.05, 0.1) is 24.6 Å². The molecule has 3 aromatic carbocycles. The fourth-order valence-corrected chi connectivity index (χ4v) is 2.82. The van der Waals surface area contributed by atoms with Crippen molar-refractivity contribution in [3.63, 3.8) is 0 Å². The maximum atomic E-state index is 12.2. The molecule has 0 spiro atoms. The summed E-state index contributed by atoms with van der Waals surface area (Å²) >= 11 is 0. The predicted molar refractivity (Wildman–Crippen MR) is 123 cm³/mol. The van der Waals surface area contributed by atoms with Crippen LogP contribution < -0.4 is 20.2 Å². The average Bonchev–Trinajstić information content (AvgIpc) is 2.78. The van der Waals surface area contributed by atoms with Gasteiger partial charge in [-0.2, -0.15) is 5.10 Å². The number of methoxy groups -OCH3 is 1. The van der Waals surface area contributed by atoms with Crippen LogP contribution in [-0.2, 0) is 4.79 Å². The van der Waals surface area contributed by atoms with Gasteiger partial charge in [0.15, 0.2) is 18.1 Å². The fourth-order valence-electron chi connectivity index (χ4n) is 2.82. The molecule has 0 aliphatic rings. The zero-order chi connectivity index (χ0) is 22.9. The van der Waals surface area contributed by atoms with E-state index in [0.717, 1.165) is 11.1 Å². The summed E-state index contributed by atoms with van der Waals surface area (Å²) < 4.78 is 11.0. The minimum atomic E-state index is -0.984. The summed E-state index contributed by atoms with van der Waals surface area (Å²) in [6.45, 7) is 1.79. The molecule has 0 aliphatic carbocycles. The van der Waals surface area contributed by atoms with Gasteiger partial charge in [-0.1, -0.05) is 12.1 Å². The lowest BCUT2D eigenvalue weighted by molar-refractivity contribution is -0.118. The third-order valence-corrected chi connectivity index (χ3v) is 4.39.